The molecule has 0 aliphatic carbocycles. The molecule has 0 bridgehead atoms. The number of rotatable bonds is 1. The van der Waals surface area contributed by atoms with E-state index in [9.17, 15) is 0 Å². The Labute approximate surface area is 89.7 Å². The van der Waals surface area contributed by atoms with Gasteiger partial charge in [-0.3, -0.25) is 5.16 Å². The summed E-state index contributed by atoms with van der Waals surface area (Å²) >= 11 is 0. The Hall–Kier alpha value is 0.644. The van der Waals surface area contributed by atoms with E-state index in [-0.39, 0.29) is 18.6 Å². The van der Waals surface area contributed by atoms with Crippen LogP contribution < -0.4 is 0 Å². The topological polar surface area (TPSA) is 27.1 Å². The van der Waals surface area contributed by atoms with Crippen molar-refractivity contribution in [2.24, 2.45) is 5.92 Å². The molecule has 0 amide bonds. The molecule has 4 heteroatoms. The van der Waals surface area contributed by atoms with E-state index in [0.29, 0.717) is 14.4 Å². The Morgan fingerprint density at radius 2 is 1.75 bits per heavy atom. The quantitative estimate of drug-likeness (QED) is 0.537. The molecule has 1 aliphatic rings. The summed E-state index contributed by atoms with van der Waals surface area (Å²) < 4.78 is 2.13. The van der Waals surface area contributed by atoms with Crippen LogP contribution in [0.25, 0.3) is 0 Å². The first kappa shape index (κ1) is 15.1. The second-order valence-corrected chi connectivity index (χ2v) is 3.26. The van der Waals surface area contributed by atoms with E-state index in [1.165, 1.54) is 12.8 Å². The number of piperidine rings is 1. The minimum Gasteiger partial charge on any atom is -0.340 e. The third kappa shape index (κ3) is 6.19. The molecule has 0 aromatic rings. The summed E-state index contributed by atoms with van der Waals surface area (Å²) in [5.41, 5.74) is 0. The standard InChI is InChI=1S/C6H12N2P.C2H6.V/c1-6-2-4-8(9-7)5-3-6;1-2;/h6-7H,1-5H2;1-2H3;/q-1;;. The van der Waals surface area contributed by atoms with E-state index in [1.54, 1.807) is 0 Å². The van der Waals surface area contributed by atoms with Crippen LogP contribution in [-0.2, 0) is 18.6 Å². The SMILES string of the molecule is CC.[CH2-]C1CCN(P=N)CC1.[V]. The summed E-state index contributed by atoms with van der Waals surface area (Å²) in [6, 6.07) is 0. The largest absolute Gasteiger partial charge is 0.340 e. The number of hydrogen-bond acceptors (Lipinski definition) is 1. The predicted octanol–water partition coefficient (Wildman–Crippen LogP) is 3.18. The Morgan fingerprint density at radius 1 is 1.33 bits per heavy atom. The van der Waals surface area contributed by atoms with Crippen LogP contribution in [0.1, 0.15) is 26.7 Å². The Bertz CT molecular complexity index is 103. The van der Waals surface area contributed by atoms with E-state index in [4.69, 9.17) is 5.16 Å². The van der Waals surface area contributed by atoms with Gasteiger partial charge in [-0.15, -0.1) is 0 Å². The van der Waals surface area contributed by atoms with Crippen LogP contribution in [0.4, 0.5) is 0 Å². The number of nitrogens with one attached hydrogen (secondary N) is 1. The molecule has 0 unspecified atom stereocenters. The predicted molar refractivity (Wildman–Crippen MR) is 50.6 cm³/mol. The van der Waals surface area contributed by atoms with Gasteiger partial charge in [0, 0.05) is 31.6 Å². The van der Waals surface area contributed by atoms with Gasteiger partial charge in [0.2, 0.25) is 0 Å². The zero-order valence-corrected chi connectivity index (χ0v) is 10.2. The van der Waals surface area contributed by atoms with Crippen molar-refractivity contribution in [3.63, 3.8) is 0 Å². The maximum atomic E-state index is 7.04. The third-order valence-corrected chi connectivity index (χ3v) is 2.42. The van der Waals surface area contributed by atoms with Gasteiger partial charge in [-0.05, 0) is 0 Å². The Kier molecular flexibility index (Phi) is 12.3. The minimum atomic E-state index is 0. The summed E-state index contributed by atoms with van der Waals surface area (Å²) in [6.07, 6.45) is 2.34. The monoisotopic (exact) mass is 224 g/mol. The molecule has 1 rings (SSSR count). The summed E-state index contributed by atoms with van der Waals surface area (Å²) in [5, 5.41) is 7.04. The van der Waals surface area contributed by atoms with E-state index in [1.807, 2.05) is 13.8 Å². The second kappa shape index (κ2) is 9.73. The van der Waals surface area contributed by atoms with Gasteiger partial charge >= 0.3 is 0 Å². The van der Waals surface area contributed by atoms with Crippen molar-refractivity contribution in [1.82, 2.24) is 4.67 Å². The molecule has 0 aromatic heterocycles. The number of nitrogens with zero attached hydrogens (tertiary/aromatic N) is 1. The first-order valence-electron chi connectivity index (χ1n) is 4.28. The van der Waals surface area contributed by atoms with Crippen LogP contribution in [0.5, 0.6) is 0 Å². The van der Waals surface area contributed by atoms with Gasteiger partial charge in [0.05, 0.1) is 8.52 Å². The summed E-state index contributed by atoms with van der Waals surface area (Å²) in [5.74, 6) is 0.642. The molecule has 1 heterocycles. The van der Waals surface area contributed by atoms with E-state index < -0.39 is 0 Å². The molecule has 1 aliphatic heterocycles. The minimum absolute atomic E-state index is 0. The zero-order chi connectivity index (χ0) is 8.69. The van der Waals surface area contributed by atoms with E-state index >= 15 is 0 Å². The summed E-state index contributed by atoms with van der Waals surface area (Å²) in [4.78, 5) is 0. The fourth-order valence-electron chi connectivity index (χ4n) is 1.02. The van der Waals surface area contributed by atoms with Gasteiger partial charge in [-0.25, -0.2) is 4.67 Å². The van der Waals surface area contributed by atoms with Crippen molar-refractivity contribution in [1.29, 1.82) is 5.16 Å². The van der Waals surface area contributed by atoms with Crippen LogP contribution in [0.2, 0.25) is 0 Å². The number of hydrogen-bond donors (Lipinski definition) is 1. The van der Waals surface area contributed by atoms with Gasteiger partial charge in [-0.2, -0.15) is 5.92 Å². The third-order valence-electron chi connectivity index (χ3n) is 1.73. The van der Waals surface area contributed by atoms with Crippen LogP contribution >= 0.6 is 8.52 Å². The van der Waals surface area contributed by atoms with Crippen molar-refractivity contribution < 1.29 is 18.6 Å². The van der Waals surface area contributed by atoms with Crippen molar-refractivity contribution in [2.45, 2.75) is 26.7 Å². The average molecular weight is 224 g/mol. The van der Waals surface area contributed by atoms with Crippen molar-refractivity contribution in [2.75, 3.05) is 13.1 Å². The summed E-state index contributed by atoms with van der Waals surface area (Å²) in [7, 11) is 0.678. The molecule has 0 atom stereocenters. The van der Waals surface area contributed by atoms with Crippen LogP contribution in [0, 0.1) is 18.0 Å². The van der Waals surface area contributed by atoms with Gasteiger partial charge in [0.25, 0.3) is 0 Å². The molecule has 71 valence electrons. The molecule has 0 spiro atoms. The second-order valence-electron chi connectivity index (χ2n) is 2.50. The van der Waals surface area contributed by atoms with Crippen LogP contribution in [-0.4, -0.2) is 17.8 Å². The average Bonchev–Trinajstić information content (AvgIpc) is 2.10. The van der Waals surface area contributed by atoms with Gasteiger partial charge in [-0.1, -0.05) is 26.7 Å². The fourth-order valence-corrected chi connectivity index (χ4v) is 1.45. The Morgan fingerprint density at radius 3 is 2.08 bits per heavy atom. The molecule has 1 radical (unpaired) electrons. The van der Waals surface area contributed by atoms with Crippen molar-refractivity contribution >= 4 is 8.52 Å². The van der Waals surface area contributed by atoms with E-state index in [2.05, 4.69) is 11.6 Å². The molecular weight excluding hydrogens is 206 g/mol. The molecule has 2 nitrogen and oxygen atoms in total. The molecule has 1 fully saturated rings. The van der Waals surface area contributed by atoms with Crippen LogP contribution in [0.3, 0.4) is 0 Å². The normalized spacial score (nSPS) is 19.2. The van der Waals surface area contributed by atoms with Crippen LogP contribution in [0.15, 0.2) is 0 Å². The molecule has 12 heavy (non-hydrogen) atoms. The van der Waals surface area contributed by atoms with Gasteiger partial charge in [0.1, 0.15) is 0 Å². The molecule has 1 saturated heterocycles. The molecular formula is C8H18N2PV-. The van der Waals surface area contributed by atoms with Gasteiger partial charge in [0.15, 0.2) is 0 Å². The van der Waals surface area contributed by atoms with Crippen molar-refractivity contribution in [3.05, 3.63) is 6.92 Å². The van der Waals surface area contributed by atoms with Gasteiger partial charge < -0.3 is 6.92 Å². The smallest absolute Gasteiger partial charge is 0.0902 e. The zero-order valence-electron chi connectivity index (χ0n) is 7.95. The maximum absolute atomic E-state index is 7.04. The Balaban J connectivity index is 0. The first-order valence-corrected chi connectivity index (χ1v) is 5.13. The molecule has 0 aromatic carbocycles. The summed E-state index contributed by atoms with van der Waals surface area (Å²) in [6.45, 7) is 10.1. The van der Waals surface area contributed by atoms with E-state index in [0.717, 1.165) is 13.1 Å². The molecule has 0 saturated carbocycles. The maximum Gasteiger partial charge on any atom is 0.0902 e. The molecule has 1 N–H and O–H groups in total. The van der Waals surface area contributed by atoms with Crippen molar-refractivity contribution in [3.8, 4) is 0 Å². The fraction of sp³-hybridized carbons (Fsp3) is 0.875. The first-order chi connectivity index (χ1) is 5.33.